The summed E-state index contributed by atoms with van der Waals surface area (Å²) in [6, 6.07) is 19.6. The molecular weight excluding hydrogens is 507 g/mol. The average molecular weight is 532 g/mol. The first-order valence-corrected chi connectivity index (χ1v) is 12.5. The Hall–Kier alpha value is -4.33. The third-order valence-electron chi connectivity index (χ3n) is 7.89. The standard InChI is InChI=1S/C31H24F3NO4/c1-38-21-10-6-17(7-11-21)25(18-8-12-22(39-2)13-9-18)26-23-14-15-24(26)28-27(23)29(36)35(30(28)37)20-5-3-4-19(16-20)31(32,33)34/h3-16,23-24,27-28H,1-2H3/t23-,24-,27-,28+/m1/s1. The maximum absolute atomic E-state index is 13.7. The van der Waals surface area contributed by atoms with Gasteiger partial charge in [0.15, 0.2) is 0 Å². The monoisotopic (exact) mass is 531 g/mol. The van der Waals surface area contributed by atoms with Crippen LogP contribution in [0, 0.1) is 23.7 Å². The highest BCUT2D eigenvalue weighted by atomic mass is 19.4. The van der Waals surface area contributed by atoms with Crippen molar-refractivity contribution in [3.8, 4) is 11.5 Å². The second-order valence-corrected chi connectivity index (χ2v) is 9.84. The van der Waals surface area contributed by atoms with Gasteiger partial charge in [-0.05, 0) is 64.7 Å². The van der Waals surface area contributed by atoms with Gasteiger partial charge >= 0.3 is 6.18 Å². The van der Waals surface area contributed by atoms with Crippen LogP contribution in [-0.4, -0.2) is 26.0 Å². The van der Waals surface area contributed by atoms with Crippen molar-refractivity contribution in [2.45, 2.75) is 6.18 Å². The third kappa shape index (κ3) is 3.93. The van der Waals surface area contributed by atoms with Crippen LogP contribution in [0.3, 0.4) is 0 Å². The lowest BCUT2D eigenvalue weighted by Crippen LogP contribution is -2.33. The Labute approximate surface area is 223 Å². The van der Waals surface area contributed by atoms with E-state index in [-0.39, 0.29) is 17.5 Å². The number of halogens is 3. The second kappa shape index (κ2) is 9.15. The summed E-state index contributed by atoms with van der Waals surface area (Å²) in [6.07, 6.45) is -0.677. The first kappa shape index (κ1) is 25.0. The van der Waals surface area contributed by atoms with Gasteiger partial charge in [-0.15, -0.1) is 0 Å². The number of ether oxygens (including phenoxy) is 2. The molecule has 2 aliphatic carbocycles. The predicted octanol–water partition coefficient (Wildman–Crippen LogP) is 6.15. The molecule has 5 nitrogen and oxygen atoms in total. The number of methoxy groups -OCH3 is 2. The van der Waals surface area contributed by atoms with Crippen molar-refractivity contribution in [1.29, 1.82) is 0 Å². The van der Waals surface area contributed by atoms with Gasteiger partial charge in [0.1, 0.15) is 11.5 Å². The van der Waals surface area contributed by atoms with E-state index in [0.717, 1.165) is 39.3 Å². The van der Waals surface area contributed by atoms with Crippen LogP contribution in [0.15, 0.2) is 90.5 Å². The molecule has 3 aromatic rings. The van der Waals surface area contributed by atoms with Crippen molar-refractivity contribution in [1.82, 2.24) is 0 Å². The topological polar surface area (TPSA) is 55.8 Å². The van der Waals surface area contributed by atoms with Crippen LogP contribution in [0.4, 0.5) is 18.9 Å². The van der Waals surface area contributed by atoms with Gasteiger partial charge in [-0.25, -0.2) is 4.90 Å². The molecule has 2 amide bonds. The molecular formula is C31H24F3NO4. The zero-order valence-corrected chi connectivity index (χ0v) is 21.1. The van der Waals surface area contributed by atoms with Gasteiger partial charge in [0.05, 0.1) is 37.3 Å². The van der Waals surface area contributed by atoms with Crippen molar-refractivity contribution in [2.75, 3.05) is 19.1 Å². The summed E-state index contributed by atoms with van der Waals surface area (Å²) in [7, 11) is 3.18. The van der Waals surface area contributed by atoms with Crippen LogP contribution < -0.4 is 14.4 Å². The number of carbonyl (C=O) groups is 2. The van der Waals surface area contributed by atoms with Crippen molar-refractivity contribution >= 4 is 23.1 Å². The Morgan fingerprint density at radius 2 is 1.23 bits per heavy atom. The molecule has 3 aliphatic rings. The molecule has 0 spiro atoms. The molecule has 1 heterocycles. The van der Waals surface area contributed by atoms with Gasteiger partial charge < -0.3 is 9.47 Å². The van der Waals surface area contributed by atoms with Crippen molar-refractivity contribution in [3.05, 3.63) is 107 Å². The van der Waals surface area contributed by atoms with Crippen LogP contribution in [0.25, 0.3) is 5.57 Å². The number of hydrogen-bond acceptors (Lipinski definition) is 4. The largest absolute Gasteiger partial charge is 0.497 e. The SMILES string of the molecule is COc1ccc(C(=C2[C@H]3C=C[C@H]2[C@H]2C(=O)N(c4cccc(C(F)(F)F)c4)C(=O)[C@H]23)c2ccc(OC)cc2)cc1. The van der Waals surface area contributed by atoms with E-state index in [1.54, 1.807) is 14.2 Å². The highest BCUT2D eigenvalue weighted by Crippen LogP contribution is 2.59. The number of fused-ring (bicyclic) bond motifs is 5. The minimum Gasteiger partial charge on any atom is -0.497 e. The Morgan fingerprint density at radius 3 is 1.67 bits per heavy atom. The van der Waals surface area contributed by atoms with Gasteiger partial charge in [-0.2, -0.15) is 13.2 Å². The molecule has 0 aromatic heterocycles. The number of benzene rings is 3. The lowest BCUT2D eigenvalue weighted by molar-refractivity contribution is -0.137. The third-order valence-corrected chi connectivity index (χ3v) is 7.89. The lowest BCUT2D eigenvalue weighted by Gasteiger charge is -2.22. The summed E-state index contributed by atoms with van der Waals surface area (Å²) in [5.74, 6) is -1.61. The minimum atomic E-state index is -4.58. The lowest BCUT2D eigenvalue weighted by atomic mass is 9.85. The van der Waals surface area contributed by atoms with E-state index < -0.39 is 35.4 Å². The smallest absolute Gasteiger partial charge is 0.416 e. The molecule has 1 aliphatic heterocycles. The van der Waals surface area contributed by atoms with Crippen LogP contribution >= 0.6 is 0 Å². The molecule has 4 atom stereocenters. The normalized spacial score (nSPS) is 23.4. The summed E-state index contributed by atoms with van der Waals surface area (Å²) >= 11 is 0. The fraction of sp³-hybridized carbons (Fsp3) is 0.226. The number of imide groups is 1. The van der Waals surface area contributed by atoms with E-state index in [0.29, 0.717) is 11.5 Å². The summed E-state index contributed by atoms with van der Waals surface area (Å²) < 4.78 is 50.7. The molecule has 8 heteroatoms. The van der Waals surface area contributed by atoms with Crippen LogP contribution in [0.1, 0.15) is 16.7 Å². The highest BCUT2D eigenvalue weighted by Gasteiger charge is 2.62. The fourth-order valence-electron chi connectivity index (χ4n) is 6.19. The van der Waals surface area contributed by atoms with Gasteiger partial charge in [0.25, 0.3) is 0 Å². The molecule has 1 saturated carbocycles. The summed E-state index contributed by atoms with van der Waals surface area (Å²) in [5, 5.41) is 0. The van der Waals surface area contributed by atoms with Crippen molar-refractivity contribution in [2.24, 2.45) is 23.7 Å². The molecule has 2 fully saturated rings. The second-order valence-electron chi connectivity index (χ2n) is 9.84. The van der Waals surface area contributed by atoms with E-state index in [4.69, 9.17) is 9.47 Å². The number of nitrogens with zero attached hydrogens (tertiary/aromatic N) is 1. The zero-order chi connectivity index (χ0) is 27.5. The van der Waals surface area contributed by atoms with E-state index in [2.05, 4.69) is 0 Å². The van der Waals surface area contributed by atoms with Gasteiger partial charge in [-0.3, -0.25) is 9.59 Å². The number of allylic oxidation sites excluding steroid dienone is 3. The molecule has 39 heavy (non-hydrogen) atoms. The van der Waals surface area contributed by atoms with Crippen LogP contribution in [-0.2, 0) is 15.8 Å². The van der Waals surface area contributed by atoms with Gasteiger partial charge in [0, 0.05) is 11.8 Å². The minimum absolute atomic E-state index is 0.0512. The Bertz CT molecular complexity index is 1440. The van der Waals surface area contributed by atoms with Crippen molar-refractivity contribution in [3.63, 3.8) is 0 Å². The number of amides is 2. The maximum Gasteiger partial charge on any atom is 0.416 e. The number of alkyl halides is 3. The number of carbonyl (C=O) groups excluding carboxylic acids is 2. The van der Waals surface area contributed by atoms with E-state index in [1.807, 2.05) is 60.7 Å². The molecule has 0 N–H and O–H groups in total. The number of rotatable bonds is 5. The average Bonchev–Trinajstić information content (AvgIpc) is 3.58. The van der Waals surface area contributed by atoms with E-state index in [9.17, 15) is 22.8 Å². The first-order chi connectivity index (χ1) is 18.7. The van der Waals surface area contributed by atoms with Crippen LogP contribution in [0.5, 0.6) is 11.5 Å². The quantitative estimate of drug-likeness (QED) is 0.293. The van der Waals surface area contributed by atoms with E-state index >= 15 is 0 Å². The van der Waals surface area contributed by atoms with E-state index in [1.165, 1.54) is 12.1 Å². The molecule has 0 radical (unpaired) electrons. The number of hydrogen-bond donors (Lipinski definition) is 0. The molecule has 2 bridgehead atoms. The molecule has 3 aromatic carbocycles. The van der Waals surface area contributed by atoms with Crippen molar-refractivity contribution < 1.29 is 32.2 Å². The molecule has 198 valence electrons. The summed E-state index contributed by atoms with van der Waals surface area (Å²) in [5.41, 5.74) is 2.74. The summed E-state index contributed by atoms with van der Waals surface area (Å²) in [6.45, 7) is 0. The Kier molecular flexibility index (Phi) is 5.86. The fourth-order valence-corrected chi connectivity index (χ4v) is 6.19. The maximum atomic E-state index is 13.7. The zero-order valence-electron chi connectivity index (χ0n) is 21.1. The first-order valence-electron chi connectivity index (χ1n) is 12.5. The van der Waals surface area contributed by atoms with Gasteiger partial charge in [0.2, 0.25) is 11.8 Å². The van der Waals surface area contributed by atoms with Gasteiger partial charge in [-0.1, -0.05) is 42.5 Å². The predicted molar refractivity (Wildman–Crippen MR) is 139 cm³/mol. The van der Waals surface area contributed by atoms with Crippen LogP contribution in [0.2, 0.25) is 0 Å². The molecule has 6 rings (SSSR count). The Balaban J connectivity index is 1.45. The number of anilines is 1. The molecule has 1 saturated heterocycles. The molecule has 0 unspecified atom stereocenters. The Morgan fingerprint density at radius 1 is 0.744 bits per heavy atom. The highest BCUT2D eigenvalue weighted by molar-refractivity contribution is 6.23. The summed E-state index contributed by atoms with van der Waals surface area (Å²) in [4.78, 5) is 28.3.